The number of carbonyl (C=O) groups excluding carboxylic acids is 2. The Kier molecular flexibility index (Phi) is 7.85. The molecule has 1 aliphatic rings. The number of carbonyl (C=O) groups is 2. The molecule has 2 rings (SSSR count). The molecule has 1 aromatic carbocycles. The highest BCUT2D eigenvalue weighted by molar-refractivity contribution is 5.89. The molecule has 0 bridgehead atoms. The van der Waals surface area contributed by atoms with E-state index in [1.165, 1.54) is 0 Å². The third kappa shape index (κ3) is 6.88. The molecule has 3 amide bonds. The van der Waals surface area contributed by atoms with Gasteiger partial charge in [0.15, 0.2) is 0 Å². The molecule has 0 aromatic heterocycles. The lowest BCUT2D eigenvalue weighted by Gasteiger charge is -2.15. The molecule has 0 spiro atoms. The zero-order valence-corrected chi connectivity index (χ0v) is 14.1. The maximum Gasteiger partial charge on any atom is 0.319 e. The fourth-order valence-corrected chi connectivity index (χ4v) is 2.09. The van der Waals surface area contributed by atoms with Crippen molar-refractivity contribution in [3.05, 3.63) is 29.8 Å². The fraction of sp³-hybridized carbons (Fsp3) is 0.500. The first-order valence-corrected chi connectivity index (χ1v) is 7.75. The number of nitrogens with one attached hydrogen (secondary N) is 3. The zero-order chi connectivity index (χ0) is 15.9. The molecule has 1 aromatic rings. The second-order valence-corrected chi connectivity index (χ2v) is 5.68. The topological polar surface area (TPSA) is 96.2 Å². The summed E-state index contributed by atoms with van der Waals surface area (Å²) in [5.74, 6) is 0.00367. The molecule has 1 atom stereocenters. The Bertz CT molecular complexity index is 517. The van der Waals surface area contributed by atoms with Crippen LogP contribution in [0.25, 0.3) is 0 Å². The van der Waals surface area contributed by atoms with Gasteiger partial charge in [-0.15, -0.1) is 12.4 Å². The van der Waals surface area contributed by atoms with Crippen molar-refractivity contribution in [2.45, 2.75) is 44.7 Å². The van der Waals surface area contributed by atoms with Gasteiger partial charge in [-0.2, -0.15) is 0 Å². The predicted octanol–water partition coefficient (Wildman–Crippen LogP) is 2.31. The number of hydrogen-bond acceptors (Lipinski definition) is 3. The first-order valence-electron chi connectivity index (χ1n) is 7.75. The van der Waals surface area contributed by atoms with Gasteiger partial charge < -0.3 is 21.7 Å². The fourth-order valence-electron chi connectivity index (χ4n) is 2.09. The van der Waals surface area contributed by atoms with Crippen molar-refractivity contribution in [3.8, 4) is 0 Å². The number of urea groups is 1. The van der Waals surface area contributed by atoms with Crippen molar-refractivity contribution >= 4 is 30.0 Å². The lowest BCUT2D eigenvalue weighted by atomic mass is 10.1. The molecule has 1 unspecified atom stereocenters. The van der Waals surface area contributed by atoms with Crippen LogP contribution in [-0.4, -0.2) is 24.5 Å². The first kappa shape index (κ1) is 19.3. The zero-order valence-electron chi connectivity index (χ0n) is 13.3. The largest absolute Gasteiger partial charge is 0.350 e. The van der Waals surface area contributed by atoms with Crippen LogP contribution in [0.3, 0.4) is 0 Å². The molecule has 0 saturated heterocycles. The standard InChI is InChI=1S/C16H24N4O2.ClH/c1-11(18-15(21)3-2-10-17)12-4-6-13(7-5-12)19-16(22)20-14-8-9-14;/h4-7,11,14H,2-3,8-10,17H2,1H3,(H,18,21)(H2,19,20,22);1H. The minimum atomic E-state index is -0.168. The Morgan fingerprint density at radius 3 is 2.48 bits per heavy atom. The van der Waals surface area contributed by atoms with Crippen molar-refractivity contribution in [2.75, 3.05) is 11.9 Å². The Morgan fingerprint density at radius 1 is 1.26 bits per heavy atom. The molecule has 1 fully saturated rings. The molecule has 0 radical (unpaired) electrons. The van der Waals surface area contributed by atoms with Gasteiger partial charge in [0, 0.05) is 18.2 Å². The minimum absolute atomic E-state index is 0. The van der Waals surface area contributed by atoms with E-state index in [9.17, 15) is 9.59 Å². The van der Waals surface area contributed by atoms with E-state index < -0.39 is 0 Å². The molecule has 5 N–H and O–H groups in total. The van der Waals surface area contributed by atoms with Crippen LogP contribution in [0.4, 0.5) is 10.5 Å². The van der Waals surface area contributed by atoms with Gasteiger partial charge in [-0.1, -0.05) is 12.1 Å². The average molecular weight is 341 g/mol. The van der Waals surface area contributed by atoms with E-state index in [1.54, 1.807) is 0 Å². The first-order chi connectivity index (χ1) is 10.6. The van der Waals surface area contributed by atoms with Gasteiger partial charge in [-0.05, 0) is 50.4 Å². The monoisotopic (exact) mass is 340 g/mol. The third-order valence-electron chi connectivity index (χ3n) is 3.57. The maximum absolute atomic E-state index is 11.7. The normalized spacial score (nSPS) is 14.3. The molecule has 23 heavy (non-hydrogen) atoms. The van der Waals surface area contributed by atoms with Crippen molar-refractivity contribution in [2.24, 2.45) is 5.73 Å². The van der Waals surface area contributed by atoms with Crippen molar-refractivity contribution in [1.82, 2.24) is 10.6 Å². The highest BCUT2D eigenvalue weighted by atomic mass is 35.5. The van der Waals surface area contributed by atoms with E-state index in [0.717, 1.165) is 24.1 Å². The number of halogens is 1. The third-order valence-corrected chi connectivity index (χ3v) is 3.57. The van der Waals surface area contributed by atoms with Crippen LogP contribution in [0.2, 0.25) is 0 Å². The van der Waals surface area contributed by atoms with Gasteiger partial charge >= 0.3 is 6.03 Å². The van der Waals surface area contributed by atoms with Gasteiger partial charge in [0.25, 0.3) is 0 Å². The molecule has 7 heteroatoms. The number of amides is 3. The van der Waals surface area contributed by atoms with Crippen LogP contribution >= 0.6 is 12.4 Å². The lowest BCUT2D eigenvalue weighted by Crippen LogP contribution is -2.30. The molecule has 0 aliphatic heterocycles. The summed E-state index contributed by atoms with van der Waals surface area (Å²) >= 11 is 0. The van der Waals surface area contributed by atoms with Crippen LogP contribution in [0.1, 0.15) is 44.2 Å². The van der Waals surface area contributed by atoms with Crippen molar-refractivity contribution in [3.63, 3.8) is 0 Å². The lowest BCUT2D eigenvalue weighted by molar-refractivity contribution is -0.121. The average Bonchev–Trinajstić information content (AvgIpc) is 3.29. The minimum Gasteiger partial charge on any atom is -0.350 e. The van der Waals surface area contributed by atoms with Gasteiger partial charge in [-0.3, -0.25) is 4.79 Å². The van der Waals surface area contributed by atoms with Crippen molar-refractivity contribution < 1.29 is 9.59 Å². The van der Waals surface area contributed by atoms with Gasteiger partial charge in [0.05, 0.1) is 6.04 Å². The highest BCUT2D eigenvalue weighted by Gasteiger charge is 2.23. The molecule has 1 saturated carbocycles. The van der Waals surface area contributed by atoms with Gasteiger partial charge in [-0.25, -0.2) is 4.79 Å². The maximum atomic E-state index is 11.7. The summed E-state index contributed by atoms with van der Waals surface area (Å²) in [7, 11) is 0. The van der Waals surface area contributed by atoms with Gasteiger partial charge in [0.2, 0.25) is 5.91 Å². The summed E-state index contributed by atoms with van der Waals surface area (Å²) in [6.45, 7) is 2.45. The molecular formula is C16H25ClN4O2. The second-order valence-electron chi connectivity index (χ2n) is 5.68. The van der Waals surface area contributed by atoms with E-state index in [0.29, 0.717) is 25.4 Å². The van der Waals surface area contributed by atoms with E-state index in [1.807, 2.05) is 31.2 Å². The highest BCUT2D eigenvalue weighted by Crippen LogP contribution is 2.19. The van der Waals surface area contributed by atoms with Crippen LogP contribution in [0, 0.1) is 0 Å². The smallest absolute Gasteiger partial charge is 0.319 e. The summed E-state index contributed by atoms with van der Waals surface area (Å²) in [5.41, 5.74) is 7.12. The number of nitrogens with two attached hydrogens (primary N) is 1. The Hall–Kier alpha value is -1.79. The van der Waals surface area contributed by atoms with E-state index in [4.69, 9.17) is 5.73 Å². The molecule has 128 valence electrons. The summed E-state index contributed by atoms with van der Waals surface area (Å²) < 4.78 is 0. The molecule has 6 nitrogen and oxygen atoms in total. The SMILES string of the molecule is CC(NC(=O)CCCN)c1ccc(NC(=O)NC2CC2)cc1.Cl. The number of hydrogen-bond donors (Lipinski definition) is 4. The molecule has 0 heterocycles. The predicted molar refractivity (Wildman–Crippen MR) is 93.7 cm³/mol. The van der Waals surface area contributed by atoms with Crippen molar-refractivity contribution in [1.29, 1.82) is 0 Å². The van der Waals surface area contributed by atoms with Gasteiger partial charge in [0.1, 0.15) is 0 Å². The number of anilines is 1. The summed E-state index contributed by atoms with van der Waals surface area (Å²) in [4.78, 5) is 23.3. The Morgan fingerprint density at radius 2 is 1.91 bits per heavy atom. The molecule has 1 aliphatic carbocycles. The van der Waals surface area contributed by atoms with E-state index >= 15 is 0 Å². The number of benzene rings is 1. The summed E-state index contributed by atoms with van der Waals surface area (Å²) in [5, 5.41) is 8.60. The van der Waals surface area contributed by atoms with Crippen LogP contribution < -0.4 is 21.7 Å². The number of rotatable bonds is 7. The van der Waals surface area contributed by atoms with E-state index in [2.05, 4.69) is 16.0 Å². The van der Waals surface area contributed by atoms with Crippen LogP contribution in [0.15, 0.2) is 24.3 Å². The van der Waals surface area contributed by atoms with E-state index in [-0.39, 0.29) is 30.4 Å². The quantitative estimate of drug-likeness (QED) is 0.613. The summed E-state index contributed by atoms with van der Waals surface area (Å²) in [6, 6.07) is 7.58. The Labute approximate surface area is 143 Å². The van der Waals surface area contributed by atoms with Crippen LogP contribution in [-0.2, 0) is 4.79 Å². The Balaban J connectivity index is 0.00000264. The van der Waals surface area contributed by atoms with Crippen LogP contribution in [0.5, 0.6) is 0 Å². The summed E-state index contributed by atoms with van der Waals surface area (Å²) in [6.07, 6.45) is 3.26. The molecular weight excluding hydrogens is 316 g/mol. The second kappa shape index (κ2) is 9.37.